The second-order valence-electron chi connectivity index (χ2n) is 5.38. The van der Waals surface area contributed by atoms with Gasteiger partial charge < -0.3 is 0 Å². The van der Waals surface area contributed by atoms with E-state index < -0.39 is 6.95 Å². The Labute approximate surface area is 152 Å². The molecule has 0 heterocycles. The molecule has 0 aliphatic heterocycles. The molecule has 0 aromatic heterocycles. The van der Waals surface area contributed by atoms with Crippen LogP contribution < -0.4 is 15.9 Å². The van der Waals surface area contributed by atoms with Gasteiger partial charge in [0.2, 0.25) is 0 Å². The summed E-state index contributed by atoms with van der Waals surface area (Å²) in [4.78, 5) is 0. The van der Waals surface area contributed by atoms with Gasteiger partial charge in [0.1, 0.15) is 0 Å². The maximum atomic E-state index is 2.33. The minimum atomic E-state index is -1.90. The molecular formula is C20H23BrP2. The predicted molar refractivity (Wildman–Crippen MR) is 116 cm³/mol. The van der Waals surface area contributed by atoms with E-state index in [1.807, 2.05) is 0 Å². The zero-order valence-electron chi connectivity index (χ0n) is 13.3. The van der Waals surface area contributed by atoms with E-state index in [0.29, 0.717) is 0 Å². The summed E-state index contributed by atoms with van der Waals surface area (Å²) in [5.74, 6) is 0. The Bertz CT molecular complexity index is 603. The average molecular weight is 405 g/mol. The first-order chi connectivity index (χ1) is 10.9. The summed E-state index contributed by atoms with van der Waals surface area (Å²) in [6.45, 7) is 0.418. The van der Waals surface area contributed by atoms with Gasteiger partial charge in [-0.25, -0.2) is 0 Å². The van der Waals surface area contributed by atoms with E-state index in [1.165, 1.54) is 22.1 Å². The zero-order valence-corrected chi connectivity index (χ0v) is 17.0. The third kappa shape index (κ3) is 3.74. The molecule has 0 N–H and O–H groups in total. The molecule has 0 saturated heterocycles. The van der Waals surface area contributed by atoms with Crippen molar-refractivity contribution in [3.63, 3.8) is 0 Å². The molecule has 0 radical (unpaired) electrons. The summed E-state index contributed by atoms with van der Waals surface area (Å²) >= 11 is 0. The maximum absolute atomic E-state index is 2.33. The van der Waals surface area contributed by atoms with E-state index in [1.54, 1.807) is 0 Å². The number of hydrogen-bond acceptors (Lipinski definition) is 0. The fraction of sp³-hybridized carbons (Fsp3) is 0.100. The monoisotopic (exact) mass is 404 g/mol. The zero-order chi connectivity index (χ0) is 15.3. The molecule has 3 aromatic rings. The van der Waals surface area contributed by atoms with E-state index in [2.05, 4.69) is 97.9 Å². The van der Waals surface area contributed by atoms with Crippen molar-refractivity contribution < 1.29 is 0 Å². The van der Waals surface area contributed by atoms with E-state index >= 15 is 0 Å². The third-order valence-electron chi connectivity index (χ3n) is 4.06. The van der Waals surface area contributed by atoms with E-state index in [-0.39, 0.29) is 17.0 Å². The first-order valence-electron chi connectivity index (χ1n) is 7.79. The molecule has 0 aliphatic rings. The molecule has 1 unspecified atom stereocenters. The van der Waals surface area contributed by atoms with Crippen LogP contribution in [0.15, 0.2) is 91.0 Å². The molecule has 0 saturated carbocycles. The summed E-state index contributed by atoms with van der Waals surface area (Å²) in [5, 5.41) is 4.56. The van der Waals surface area contributed by atoms with Gasteiger partial charge in [-0.05, 0) is 0 Å². The quantitative estimate of drug-likeness (QED) is 0.530. The SMILES string of the molecule is Br.CCP[PH](c1ccccc1)(c1ccccc1)c1ccccc1. The van der Waals surface area contributed by atoms with Crippen LogP contribution in [0.2, 0.25) is 0 Å². The van der Waals surface area contributed by atoms with Crippen molar-refractivity contribution in [2.45, 2.75) is 6.92 Å². The van der Waals surface area contributed by atoms with Gasteiger partial charge in [0.25, 0.3) is 0 Å². The van der Waals surface area contributed by atoms with Gasteiger partial charge in [0, 0.05) is 0 Å². The fourth-order valence-corrected chi connectivity index (χ4v) is 12.3. The normalized spacial score (nSPS) is 12.0. The second kappa shape index (κ2) is 8.74. The van der Waals surface area contributed by atoms with Gasteiger partial charge in [-0.2, -0.15) is 0 Å². The Kier molecular flexibility index (Phi) is 6.97. The summed E-state index contributed by atoms with van der Waals surface area (Å²) in [5.41, 5.74) is 0. The van der Waals surface area contributed by atoms with Gasteiger partial charge in [-0.15, -0.1) is 17.0 Å². The van der Waals surface area contributed by atoms with Crippen LogP contribution >= 0.6 is 32.2 Å². The summed E-state index contributed by atoms with van der Waals surface area (Å²) in [6.07, 6.45) is 1.23. The van der Waals surface area contributed by atoms with Gasteiger partial charge in [-0.1, -0.05) is 0 Å². The van der Waals surface area contributed by atoms with Gasteiger partial charge in [0.15, 0.2) is 0 Å². The van der Waals surface area contributed by atoms with Crippen molar-refractivity contribution in [3.8, 4) is 0 Å². The van der Waals surface area contributed by atoms with Gasteiger partial charge in [0.05, 0.1) is 0 Å². The molecule has 0 spiro atoms. The molecular weight excluding hydrogens is 382 g/mol. The Morgan fingerprint density at radius 2 is 0.913 bits per heavy atom. The standard InChI is InChI=1S/C20H22P2.BrH/c1-2-21-22(18-12-6-3-7-13-18,19-14-8-4-9-15-19)20-16-10-5-11-17-20;/h3-17,21-22H,2H2,1H3;1H. The molecule has 0 fully saturated rings. The van der Waals surface area contributed by atoms with E-state index in [0.717, 1.165) is 8.27 Å². The van der Waals surface area contributed by atoms with Gasteiger partial charge >= 0.3 is 135 Å². The van der Waals surface area contributed by atoms with Crippen LogP contribution in [0.5, 0.6) is 0 Å². The number of benzene rings is 3. The number of rotatable bonds is 5. The summed E-state index contributed by atoms with van der Waals surface area (Å²) in [7, 11) is 0.947. The van der Waals surface area contributed by atoms with Crippen molar-refractivity contribution in [1.82, 2.24) is 0 Å². The second-order valence-corrected chi connectivity index (χ2v) is 13.0. The summed E-state index contributed by atoms with van der Waals surface area (Å²) < 4.78 is 0. The molecule has 3 rings (SSSR count). The predicted octanol–water partition coefficient (Wildman–Crippen LogP) is 4.90. The van der Waals surface area contributed by atoms with E-state index in [9.17, 15) is 0 Å². The third-order valence-corrected chi connectivity index (χ3v) is 13.8. The topological polar surface area (TPSA) is 0 Å². The van der Waals surface area contributed by atoms with Crippen LogP contribution in [0.3, 0.4) is 0 Å². The van der Waals surface area contributed by atoms with Gasteiger partial charge in [-0.3, -0.25) is 0 Å². The molecule has 3 heteroatoms. The number of hydrogen-bond donors (Lipinski definition) is 0. The molecule has 23 heavy (non-hydrogen) atoms. The fourth-order valence-electron chi connectivity index (χ4n) is 3.14. The van der Waals surface area contributed by atoms with Crippen LogP contribution in [0.4, 0.5) is 0 Å². The van der Waals surface area contributed by atoms with Crippen LogP contribution in [0.25, 0.3) is 0 Å². The Balaban J connectivity index is 0.00000192. The van der Waals surface area contributed by atoms with Crippen molar-refractivity contribution in [1.29, 1.82) is 0 Å². The number of halogens is 1. The van der Waals surface area contributed by atoms with Crippen LogP contribution in [0.1, 0.15) is 6.92 Å². The van der Waals surface area contributed by atoms with Crippen molar-refractivity contribution in [3.05, 3.63) is 91.0 Å². The first kappa shape index (κ1) is 18.3. The molecule has 3 aromatic carbocycles. The molecule has 0 aliphatic carbocycles. The van der Waals surface area contributed by atoms with Crippen LogP contribution in [0, 0.1) is 0 Å². The van der Waals surface area contributed by atoms with Crippen molar-refractivity contribution >= 4 is 48.1 Å². The van der Waals surface area contributed by atoms with Crippen molar-refractivity contribution in [2.24, 2.45) is 0 Å². The Morgan fingerprint density at radius 3 is 1.17 bits per heavy atom. The van der Waals surface area contributed by atoms with E-state index in [4.69, 9.17) is 0 Å². The molecule has 120 valence electrons. The molecule has 0 amide bonds. The van der Waals surface area contributed by atoms with Crippen molar-refractivity contribution in [2.75, 3.05) is 6.16 Å². The summed E-state index contributed by atoms with van der Waals surface area (Å²) in [6, 6.07) is 33.4. The molecule has 0 nitrogen and oxygen atoms in total. The Hall–Kier alpha value is -1.00. The van der Waals surface area contributed by atoms with Crippen LogP contribution in [-0.4, -0.2) is 6.16 Å². The van der Waals surface area contributed by atoms with Crippen LogP contribution in [-0.2, 0) is 0 Å². The minimum absolute atomic E-state index is 0. The first-order valence-corrected chi connectivity index (χ1v) is 12.0. The molecule has 0 bridgehead atoms. The Morgan fingerprint density at radius 1 is 0.609 bits per heavy atom. The molecule has 1 atom stereocenters. The average Bonchev–Trinajstić information content (AvgIpc) is 2.62.